The number of nitrogens with two attached hydrogens (primary N) is 1. The molecule has 0 saturated carbocycles. The molecule has 0 aliphatic carbocycles. The lowest BCUT2D eigenvalue weighted by Crippen LogP contribution is -2.61. The largest absolute Gasteiger partial charge is 0.444 e. The molecule has 1 spiro atoms. The summed E-state index contributed by atoms with van der Waals surface area (Å²) < 4.78 is 132. The molecular weight excluding hydrogens is 1640 g/mol. The molecule has 28 heteroatoms. The molecule has 4 N–H and O–H groups in total. The Morgan fingerprint density at radius 2 is 1.04 bits per heavy atom. The number of nitrogens with zero attached hydrogens (tertiary/aromatic N) is 1. The summed E-state index contributed by atoms with van der Waals surface area (Å²) in [5.41, 5.74) is 2.83. The number of hydrogen-bond acceptors (Lipinski definition) is 25. The van der Waals surface area contributed by atoms with Crippen molar-refractivity contribution in [3.8, 4) is 0 Å². The lowest BCUT2D eigenvalue weighted by atomic mass is 9.76. The molecule has 6 unspecified atom stereocenters. The lowest BCUT2D eigenvalue weighted by Gasteiger charge is -2.51. The fourth-order valence-corrected chi connectivity index (χ4v) is 25.8. The fraction of sp³-hybridized carbons (Fsp3) is 0.856. The minimum absolute atomic E-state index is 0.0112. The quantitative estimate of drug-likeness (QED) is 0.115. The monoisotopic (exact) mass is 1790 g/mol. The second kappa shape index (κ2) is 39.2. The summed E-state index contributed by atoms with van der Waals surface area (Å²) in [6, 6.07) is 0. The number of aliphatic hydroxyl groups excluding tert-OH is 1. The predicted molar refractivity (Wildman–Crippen MR) is 472 cm³/mol. The number of ether oxygens (including phenoxy) is 15. The third kappa shape index (κ3) is 22.4. The predicted octanol–water partition coefficient (Wildman–Crippen LogP) is 14.7. The third-order valence-corrected chi connectivity index (χ3v) is 37.4. The molecule has 1 amide bonds. The standard InChI is InChI=1S/C56H91NO11Si.C41H60O12S.H3NO/c1-32-25-41-20-23-45-33(2)26-40(61-45)19-17-38(58)18-22-47(68-69(15,16)55(10,11)12)52-36(5)35(4)51-46(65-52)24-21-42(63-51)27-39(59)28-44-37(6)48(64-50(44)30-49(62-41)34(32)3)29-43-31-57(56(13,14)66-43)53(60)67-54(7,8)9;1-20-12-26-6-8-30-21(2)13-28(46-30)10-11-41-18-35-37(52-41)38-39(51-35)40(53-41)36-31(50-38)9-7-27(48-36)14-24(42)15-29-23(4)32(16-25(43)19-54(5,44)45)49-34(29)17-33(47-26)22(20)3;1-2/h18,22,32,35-37,40-52H,2-3,17,19-21,23-31H2,1,4-16H3;20,23,25-40,43H,2-3,6-19H2,1,4-5H3;2H,1H2/b22-18+;;/t32-,35-,36+,37-,40+,41+,42-,43+,44-,45?,46+,47+,48?,49?,50+,51-,52-;20-,23-,25+,26+,27-,28+,29-,30?,31+,32?,33?,34+,35-,36+,37+,38+,39-,40+,41+;/m11./s1. The molecule has 26 nitrogen and oxygen atoms in total. The Kier molecular flexibility index (Phi) is 30.5. The van der Waals surface area contributed by atoms with Crippen molar-refractivity contribution >= 4 is 41.6 Å². The second-order valence-electron chi connectivity index (χ2n) is 43.9. The van der Waals surface area contributed by atoms with Crippen LogP contribution in [-0.2, 0) is 99.7 Å². The van der Waals surface area contributed by atoms with Gasteiger partial charge in [-0.1, -0.05) is 94.7 Å². The van der Waals surface area contributed by atoms with E-state index in [1.165, 1.54) is 0 Å². The van der Waals surface area contributed by atoms with Gasteiger partial charge in [0.15, 0.2) is 19.9 Å². The van der Waals surface area contributed by atoms with Gasteiger partial charge < -0.3 is 85.8 Å². The van der Waals surface area contributed by atoms with Crippen molar-refractivity contribution in [3.63, 3.8) is 0 Å². The van der Waals surface area contributed by atoms with Crippen LogP contribution >= 0.6 is 0 Å². The van der Waals surface area contributed by atoms with Gasteiger partial charge in [-0.2, -0.15) is 0 Å². The fourth-order valence-electron chi connectivity index (χ4n) is 23.7. The maximum Gasteiger partial charge on any atom is 0.412 e. The van der Waals surface area contributed by atoms with Gasteiger partial charge in [0.2, 0.25) is 0 Å². The summed E-state index contributed by atoms with van der Waals surface area (Å²) in [6.45, 7) is 52.1. The molecule has 19 heterocycles. The molecule has 0 aromatic carbocycles. The molecule has 706 valence electrons. The first-order valence-electron chi connectivity index (χ1n) is 47.8. The van der Waals surface area contributed by atoms with Crippen LogP contribution in [0.25, 0.3) is 0 Å². The zero-order chi connectivity index (χ0) is 90.2. The first kappa shape index (κ1) is 97.5. The van der Waals surface area contributed by atoms with Crippen molar-refractivity contribution in [2.24, 2.45) is 53.2 Å². The Labute approximate surface area is 745 Å². The lowest BCUT2D eigenvalue weighted by molar-refractivity contribution is -0.292. The molecule has 0 aromatic rings. The highest BCUT2D eigenvalue weighted by Gasteiger charge is 2.69. The number of amides is 1. The molecule has 125 heavy (non-hydrogen) atoms. The number of rotatable bonds is 8. The highest BCUT2D eigenvalue weighted by atomic mass is 32.2. The van der Waals surface area contributed by atoms with E-state index in [2.05, 4.69) is 108 Å². The zero-order valence-electron chi connectivity index (χ0n) is 78.1. The smallest absolute Gasteiger partial charge is 0.412 e. The van der Waals surface area contributed by atoms with Gasteiger partial charge in [0, 0.05) is 76.9 Å². The highest BCUT2D eigenvalue weighted by Crippen LogP contribution is 2.56. The second-order valence-corrected chi connectivity index (χ2v) is 50.8. The van der Waals surface area contributed by atoms with E-state index >= 15 is 0 Å². The number of Topliss-reactive ketones (excluding diaryl/α,β-unsaturated/α-hetero) is 2. The molecule has 19 rings (SSSR count). The van der Waals surface area contributed by atoms with Crippen LogP contribution in [0.4, 0.5) is 4.79 Å². The number of allylic oxidation sites excluding steroid dienone is 1. The Morgan fingerprint density at radius 3 is 1.61 bits per heavy atom. The van der Waals surface area contributed by atoms with Crippen LogP contribution in [0, 0.1) is 47.3 Å². The van der Waals surface area contributed by atoms with Gasteiger partial charge in [-0.3, -0.25) is 19.3 Å². The summed E-state index contributed by atoms with van der Waals surface area (Å²) in [7, 11) is -5.65. The van der Waals surface area contributed by atoms with E-state index in [0.29, 0.717) is 77.2 Å². The van der Waals surface area contributed by atoms with Gasteiger partial charge >= 0.3 is 6.09 Å². The summed E-state index contributed by atoms with van der Waals surface area (Å²) in [4.78, 5) is 57.2. The summed E-state index contributed by atoms with van der Waals surface area (Å²) in [5.74, 6) is 3.20. The van der Waals surface area contributed by atoms with Crippen molar-refractivity contribution < 1.29 is 113 Å². The number of carbonyl (C=O) groups is 4. The van der Waals surface area contributed by atoms with E-state index in [1.807, 2.05) is 40.7 Å². The molecule has 19 aliphatic heterocycles. The van der Waals surface area contributed by atoms with Crippen LogP contribution in [0.15, 0.2) is 60.8 Å². The molecule has 19 aliphatic rings. The van der Waals surface area contributed by atoms with Gasteiger partial charge in [-0.15, -0.1) is 0 Å². The van der Waals surface area contributed by atoms with E-state index in [1.54, 1.807) is 11.0 Å². The van der Waals surface area contributed by atoms with Gasteiger partial charge in [0.25, 0.3) is 0 Å². The Balaban J connectivity index is 0.000000204. The van der Waals surface area contributed by atoms with Crippen LogP contribution in [0.1, 0.15) is 257 Å². The van der Waals surface area contributed by atoms with Crippen molar-refractivity contribution in [2.45, 2.75) is 458 Å². The molecular formula is C97H154N2O24SSi. The summed E-state index contributed by atoms with van der Waals surface area (Å²) >= 11 is 0. The summed E-state index contributed by atoms with van der Waals surface area (Å²) in [6.07, 6.45) is 14.3. The maximum atomic E-state index is 14.5. The van der Waals surface area contributed by atoms with E-state index in [4.69, 9.17) is 80.7 Å². The Morgan fingerprint density at radius 1 is 0.552 bits per heavy atom. The van der Waals surface area contributed by atoms with Gasteiger partial charge in [0.05, 0.1) is 147 Å². The first-order chi connectivity index (χ1) is 58.8. The zero-order valence-corrected chi connectivity index (χ0v) is 79.9. The van der Waals surface area contributed by atoms with Crippen molar-refractivity contribution in [3.05, 3.63) is 60.8 Å². The SMILES string of the molecule is C=C1C[C@@H]2CCC(=O)/C=C/[C@H](O[Si](C)(C)C(C)(C)C)[C@@H]3O[C@H]4CC[C@H](CC(=O)C[C@H]5[C@H](CC6O[C@@H](CCC1O2)C[C@@H](C)C6=C)OC(C[C@H]1CN(C(=O)OC(C)(C)C)C(C)(C)O1)[C@@H]5C)O[C@@H]4[C@H](C)[C@@H]3C.C=C1C[C@@H]2CC[C@@]34C[C@H]5O[C@H]6[C@@H](O3)[C@H]3O[C@H](CC[C@@H]3O[C@H]6[C@H]5O4)CC(=O)C[C@H]3[C@H](CC4O[C@@H](CCC1O2)C[C@@H](C)C4=C)OC(C[C@H](O)CS(C)(=O)=O)[C@@H]3C.NO. The number of fused-ring (bicyclic) bond motifs is 8. The highest BCUT2D eigenvalue weighted by molar-refractivity contribution is 7.90. The molecule has 36 atom stereocenters. The molecule has 0 radical (unpaired) electrons. The van der Waals surface area contributed by atoms with Gasteiger partial charge in [-0.25, -0.2) is 19.1 Å². The van der Waals surface area contributed by atoms with E-state index in [-0.39, 0.29) is 241 Å². The molecule has 16 fully saturated rings. The number of ketones is 3. The third-order valence-electron chi connectivity index (χ3n) is 32.0. The van der Waals surface area contributed by atoms with Crippen molar-refractivity contribution in [2.75, 3.05) is 18.6 Å². The Bertz CT molecular complexity index is 3990. The van der Waals surface area contributed by atoms with Gasteiger partial charge in [-0.05, 0) is 218 Å². The average molecular weight is 1790 g/mol. The van der Waals surface area contributed by atoms with Crippen molar-refractivity contribution in [1.82, 2.24) is 4.90 Å². The van der Waals surface area contributed by atoms with Crippen LogP contribution in [0.2, 0.25) is 18.1 Å². The minimum Gasteiger partial charge on any atom is -0.444 e. The van der Waals surface area contributed by atoms with E-state index in [9.17, 15) is 32.7 Å². The van der Waals surface area contributed by atoms with Crippen LogP contribution < -0.4 is 5.90 Å². The van der Waals surface area contributed by atoms with Crippen LogP contribution in [0.3, 0.4) is 0 Å². The number of aliphatic hydroxyl groups is 1. The van der Waals surface area contributed by atoms with Crippen molar-refractivity contribution in [1.29, 1.82) is 0 Å². The van der Waals surface area contributed by atoms with E-state index in [0.717, 1.165) is 106 Å². The molecule has 16 saturated heterocycles. The average Bonchev–Trinajstić information content (AvgIpc) is 1.55. The Hall–Kier alpha value is -3.57. The number of sulfone groups is 1. The topological polar surface area (TPSA) is 320 Å². The molecule has 20 bridgehead atoms. The molecule has 0 aromatic heterocycles. The van der Waals surface area contributed by atoms with E-state index < -0.39 is 53.6 Å². The maximum absolute atomic E-state index is 14.5. The first-order valence-corrected chi connectivity index (χ1v) is 52.8. The summed E-state index contributed by atoms with van der Waals surface area (Å²) in [5, 5.41) is 17.2. The number of carbonyl (C=O) groups excluding carboxylic acids is 4. The minimum atomic E-state index is -3.38. The van der Waals surface area contributed by atoms with Crippen LogP contribution in [0.5, 0.6) is 0 Å². The van der Waals surface area contributed by atoms with Gasteiger partial charge in [0.1, 0.15) is 63.2 Å². The normalized spacial score (nSPS) is 45.0. The number of hydrogen-bond donors (Lipinski definition) is 3. The van der Waals surface area contributed by atoms with Crippen LogP contribution in [-0.4, -0.2) is 256 Å².